The molecule has 3 aliphatic rings. The van der Waals surface area contributed by atoms with Gasteiger partial charge in [-0.3, -0.25) is 20.1 Å². The first-order chi connectivity index (χ1) is 17.8. The number of carbonyl (C=O) groups excluding carboxylic acids is 2. The van der Waals surface area contributed by atoms with E-state index in [2.05, 4.69) is 25.7 Å². The summed E-state index contributed by atoms with van der Waals surface area (Å²) in [6.45, 7) is 3.04. The SMILES string of the molecule is CCOC(=O)c1[nH]ncc1CN1CC[C@@H]2N[C@@]3(C(=O)Nc4cc(Cl)ccc43)[C@@H](c3cccc(Cl)c3F)[C@@H]21. The monoisotopic (exact) mass is 543 g/mol. The highest BCUT2D eigenvalue weighted by molar-refractivity contribution is 6.31. The topological polar surface area (TPSA) is 99.3 Å². The minimum absolute atomic E-state index is 0.00480. The van der Waals surface area contributed by atoms with Crippen molar-refractivity contribution >= 4 is 40.8 Å². The molecule has 3 aromatic rings. The van der Waals surface area contributed by atoms with Crippen LogP contribution in [0.25, 0.3) is 0 Å². The number of H-pyrrole nitrogens is 1. The molecule has 0 aliphatic carbocycles. The van der Waals surface area contributed by atoms with E-state index in [4.69, 9.17) is 27.9 Å². The highest BCUT2D eigenvalue weighted by Crippen LogP contribution is 2.55. The second-order valence-electron chi connectivity index (χ2n) is 9.56. The highest BCUT2D eigenvalue weighted by Gasteiger charge is 2.65. The van der Waals surface area contributed by atoms with Gasteiger partial charge in [-0.05, 0) is 37.1 Å². The fraction of sp³-hybridized carbons (Fsp3) is 0.346. The van der Waals surface area contributed by atoms with E-state index < -0.39 is 23.2 Å². The molecular formula is C26H24Cl2FN5O3. The third-order valence-electron chi connectivity index (χ3n) is 7.68. The molecular weight excluding hydrogens is 520 g/mol. The van der Waals surface area contributed by atoms with Gasteiger partial charge < -0.3 is 10.1 Å². The Hall–Kier alpha value is -2.98. The van der Waals surface area contributed by atoms with Crippen LogP contribution in [0.4, 0.5) is 10.1 Å². The Bertz CT molecular complexity index is 1410. The number of benzene rings is 2. The molecule has 1 spiro atoms. The van der Waals surface area contributed by atoms with E-state index >= 15 is 4.39 Å². The molecule has 4 atom stereocenters. The van der Waals surface area contributed by atoms with Gasteiger partial charge in [0.15, 0.2) is 0 Å². The molecule has 3 aliphatic heterocycles. The number of hydrogen-bond donors (Lipinski definition) is 3. The van der Waals surface area contributed by atoms with Crippen molar-refractivity contribution in [2.75, 3.05) is 18.5 Å². The van der Waals surface area contributed by atoms with Crippen molar-refractivity contribution in [3.05, 3.63) is 80.8 Å². The number of nitrogens with one attached hydrogen (secondary N) is 3. The molecule has 2 fully saturated rings. The van der Waals surface area contributed by atoms with Crippen LogP contribution < -0.4 is 10.6 Å². The fourth-order valence-corrected chi connectivity index (χ4v) is 6.62. The number of likely N-dealkylation sites (tertiary alicyclic amines) is 1. The number of hydrogen-bond acceptors (Lipinski definition) is 6. The number of carbonyl (C=O) groups is 2. The van der Waals surface area contributed by atoms with E-state index in [0.717, 1.165) is 12.0 Å². The lowest BCUT2D eigenvalue weighted by atomic mass is 9.74. The van der Waals surface area contributed by atoms with Gasteiger partial charge in [-0.2, -0.15) is 5.10 Å². The van der Waals surface area contributed by atoms with E-state index in [0.29, 0.717) is 34.9 Å². The third-order valence-corrected chi connectivity index (χ3v) is 8.21. The first-order valence-corrected chi connectivity index (χ1v) is 12.9. The second-order valence-corrected chi connectivity index (χ2v) is 10.4. The van der Waals surface area contributed by atoms with E-state index in [1.54, 1.807) is 37.4 Å². The van der Waals surface area contributed by atoms with Gasteiger partial charge in [0.05, 0.1) is 17.8 Å². The zero-order chi connectivity index (χ0) is 25.9. The molecule has 0 unspecified atom stereocenters. The van der Waals surface area contributed by atoms with Gasteiger partial charge in [-0.25, -0.2) is 9.18 Å². The van der Waals surface area contributed by atoms with Crippen molar-refractivity contribution in [1.82, 2.24) is 20.4 Å². The number of aromatic amines is 1. The normalized spacial score (nSPS) is 26.4. The summed E-state index contributed by atoms with van der Waals surface area (Å²) in [7, 11) is 0. The summed E-state index contributed by atoms with van der Waals surface area (Å²) in [5, 5.41) is 13.8. The van der Waals surface area contributed by atoms with E-state index in [-0.39, 0.29) is 35.3 Å². The van der Waals surface area contributed by atoms with Crippen molar-refractivity contribution in [3.63, 3.8) is 0 Å². The van der Waals surface area contributed by atoms with Crippen molar-refractivity contribution in [1.29, 1.82) is 0 Å². The van der Waals surface area contributed by atoms with Crippen LogP contribution in [0.1, 0.15) is 46.4 Å². The van der Waals surface area contributed by atoms with Crippen LogP contribution in [0.3, 0.4) is 0 Å². The summed E-state index contributed by atoms with van der Waals surface area (Å²) in [6.07, 6.45) is 2.33. The molecule has 1 amide bonds. The Morgan fingerprint density at radius 1 is 1.30 bits per heavy atom. The molecule has 2 aromatic carbocycles. The Kier molecular flexibility index (Phi) is 5.99. The van der Waals surface area contributed by atoms with Gasteiger partial charge >= 0.3 is 5.97 Å². The lowest BCUT2D eigenvalue weighted by molar-refractivity contribution is -0.122. The van der Waals surface area contributed by atoms with Gasteiger partial charge in [0, 0.05) is 52.9 Å². The maximum atomic E-state index is 15.7. The average molecular weight is 544 g/mol. The van der Waals surface area contributed by atoms with Gasteiger partial charge in [0.1, 0.15) is 17.1 Å². The van der Waals surface area contributed by atoms with Crippen LogP contribution in [0.2, 0.25) is 10.0 Å². The van der Waals surface area contributed by atoms with Gasteiger partial charge in [-0.15, -0.1) is 0 Å². The molecule has 0 radical (unpaired) electrons. The van der Waals surface area contributed by atoms with Crippen LogP contribution in [0.15, 0.2) is 42.6 Å². The first kappa shape index (κ1) is 24.4. The predicted molar refractivity (Wildman–Crippen MR) is 136 cm³/mol. The van der Waals surface area contributed by atoms with Crippen molar-refractivity contribution in [3.8, 4) is 0 Å². The van der Waals surface area contributed by atoms with E-state index in [1.165, 1.54) is 6.07 Å². The summed E-state index contributed by atoms with van der Waals surface area (Å²) in [5.41, 5.74) is 1.41. The maximum Gasteiger partial charge on any atom is 0.356 e. The van der Waals surface area contributed by atoms with Crippen molar-refractivity contribution < 1.29 is 18.7 Å². The fourth-order valence-electron chi connectivity index (χ4n) is 6.27. The van der Waals surface area contributed by atoms with Gasteiger partial charge in [0.2, 0.25) is 5.91 Å². The second kappa shape index (κ2) is 9.09. The van der Waals surface area contributed by atoms with Crippen LogP contribution in [0.5, 0.6) is 0 Å². The number of rotatable bonds is 5. The quantitative estimate of drug-likeness (QED) is 0.417. The lowest BCUT2D eigenvalue weighted by Gasteiger charge is -2.36. The third kappa shape index (κ3) is 3.67. The zero-order valence-electron chi connectivity index (χ0n) is 19.9. The van der Waals surface area contributed by atoms with Crippen molar-refractivity contribution in [2.45, 2.75) is 43.4 Å². The predicted octanol–water partition coefficient (Wildman–Crippen LogP) is 4.21. The molecule has 11 heteroatoms. The Labute approximate surface area is 222 Å². The maximum absolute atomic E-state index is 15.7. The van der Waals surface area contributed by atoms with Gasteiger partial charge in [-0.1, -0.05) is 41.4 Å². The molecule has 4 heterocycles. The highest BCUT2D eigenvalue weighted by atomic mass is 35.5. The lowest BCUT2D eigenvalue weighted by Crippen LogP contribution is -2.50. The molecule has 8 nitrogen and oxygen atoms in total. The van der Waals surface area contributed by atoms with E-state index in [9.17, 15) is 9.59 Å². The molecule has 1 aromatic heterocycles. The number of halogens is 3. The number of esters is 1. The van der Waals surface area contributed by atoms with Crippen LogP contribution in [-0.4, -0.2) is 52.2 Å². The first-order valence-electron chi connectivity index (χ1n) is 12.1. The number of ether oxygens (including phenoxy) is 1. The molecule has 3 N–H and O–H groups in total. The smallest absolute Gasteiger partial charge is 0.356 e. The van der Waals surface area contributed by atoms with Crippen LogP contribution in [-0.2, 0) is 21.6 Å². The summed E-state index contributed by atoms with van der Waals surface area (Å²) in [5.74, 6) is -1.91. The molecule has 0 bridgehead atoms. The molecule has 0 saturated carbocycles. The van der Waals surface area contributed by atoms with Crippen LogP contribution in [0, 0.1) is 5.82 Å². The number of anilines is 1. The number of amides is 1. The minimum atomic E-state index is -1.22. The molecule has 6 rings (SSSR count). The minimum Gasteiger partial charge on any atom is -0.461 e. The summed E-state index contributed by atoms with van der Waals surface area (Å²) >= 11 is 12.5. The van der Waals surface area contributed by atoms with Crippen LogP contribution >= 0.6 is 23.2 Å². The summed E-state index contributed by atoms with van der Waals surface area (Å²) in [6, 6.07) is 9.76. The zero-order valence-corrected chi connectivity index (χ0v) is 21.4. The molecule has 37 heavy (non-hydrogen) atoms. The standard InChI is InChI=1S/C26H24Cl2FN5O3/c1-2-37-24(35)22-13(11-30-33-22)12-34-9-8-18-23(34)20(15-4-3-5-17(28)21(15)29)26(32-18)16-7-6-14(27)10-19(16)31-25(26)36/h3-7,10-11,18,20,23,32H,2,8-9,12H2,1H3,(H,30,33)(H,31,36)/t18-,20-,23+,26+/m0/s1. The molecule has 2 saturated heterocycles. The van der Waals surface area contributed by atoms with E-state index in [1.807, 2.05) is 6.07 Å². The Morgan fingerprint density at radius 2 is 2.14 bits per heavy atom. The number of aromatic nitrogens is 2. The summed E-state index contributed by atoms with van der Waals surface area (Å²) < 4.78 is 20.8. The summed E-state index contributed by atoms with van der Waals surface area (Å²) in [4.78, 5) is 28.4. The van der Waals surface area contributed by atoms with Gasteiger partial charge in [0.25, 0.3) is 0 Å². The average Bonchev–Trinajstić information content (AvgIpc) is 3.61. The Morgan fingerprint density at radius 3 is 2.95 bits per heavy atom. The van der Waals surface area contributed by atoms with Crippen molar-refractivity contribution in [2.24, 2.45) is 0 Å². The largest absolute Gasteiger partial charge is 0.461 e. The Balaban J connectivity index is 1.46. The number of fused-ring (bicyclic) bond motifs is 3. The molecule has 192 valence electrons. The number of nitrogens with zero attached hydrogens (tertiary/aromatic N) is 2.